The van der Waals surface area contributed by atoms with Crippen LogP contribution in [0.5, 0.6) is 0 Å². The smallest absolute Gasteiger partial charge is 0.475 e. The lowest BCUT2D eigenvalue weighted by Gasteiger charge is -2.46. The number of alkyl halides is 3. The number of piperidine rings is 2. The average Bonchev–Trinajstić information content (AvgIpc) is 3.42. The molecule has 1 N–H and O–H groups in total. The third-order valence-corrected chi connectivity index (χ3v) is 8.02. The molecule has 176 valence electrons. The van der Waals surface area contributed by atoms with Crippen LogP contribution in [0.4, 0.5) is 13.2 Å². The summed E-state index contributed by atoms with van der Waals surface area (Å²) >= 11 is 3.48. The second kappa shape index (κ2) is 10.4. The second-order valence-electron chi connectivity index (χ2n) is 8.36. The van der Waals surface area contributed by atoms with Crippen LogP contribution in [-0.4, -0.2) is 59.1 Å². The number of rotatable bonds is 3. The first-order chi connectivity index (χ1) is 15.1. The second-order valence-corrected chi connectivity index (χ2v) is 10.7. The van der Waals surface area contributed by atoms with Crippen molar-refractivity contribution in [1.82, 2.24) is 9.80 Å². The first-order valence-electron chi connectivity index (χ1n) is 10.5. The van der Waals surface area contributed by atoms with E-state index in [-0.39, 0.29) is 5.91 Å². The summed E-state index contributed by atoms with van der Waals surface area (Å²) in [6.07, 6.45) is -0.150. The Bertz CT molecular complexity index is 894. The highest BCUT2D eigenvalue weighted by atomic mass is 32.1. The largest absolute Gasteiger partial charge is 0.490 e. The molecule has 32 heavy (non-hydrogen) atoms. The third kappa shape index (κ3) is 6.55. The molecule has 0 bridgehead atoms. The summed E-state index contributed by atoms with van der Waals surface area (Å²) in [6, 6.07) is 8.42. The van der Waals surface area contributed by atoms with Gasteiger partial charge in [0.05, 0.1) is 4.88 Å². The number of hydrogen-bond acceptors (Lipinski definition) is 5. The Hall–Kier alpha value is -1.91. The number of nitrogens with zero attached hydrogens (tertiary/aromatic N) is 2. The molecule has 0 aromatic carbocycles. The minimum Gasteiger partial charge on any atom is -0.475 e. The molecule has 2 aliphatic heterocycles. The summed E-state index contributed by atoms with van der Waals surface area (Å²) < 4.78 is 31.7. The minimum absolute atomic E-state index is 0.232. The van der Waals surface area contributed by atoms with E-state index in [2.05, 4.69) is 28.9 Å². The van der Waals surface area contributed by atoms with E-state index in [9.17, 15) is 18.0 Å². The number of halogens is 3. The summed E-state index contributed by atoms with van der Waals surface area (Å²) in [5.74, 6) is -2.53. The summed E-state index contributed by atoms with van der Waals surface area (Å²) in [5.41, 5.74) is 0.480. The van der Waals surface area contributed by atoms with Crippen LogP contribution >= 0.6 is 22.7 Å². The van der Waals surface area contributed by atoms with Gasteiger partial charge in [0, 0.05) is 29.4 Å². The molecule has 1 amide bonds. The number of aryl methyl sites for hydroxylation is 1. The standard InChI is InChI=1S/C20H26N2OS2.C2HF3O2/c1-16-4-5-17(25-16)15-21-10-6-20(7-11-21)8-12-22(13-9-20)19(23)18-3-2-14-24-18;3-2(4,5)1(6)7/h2-5,14H,6-13,15H2,1H3;(H,6,7). The van der Waals surface area contributed by atoms with Gasteiger partial charge < -0.3 is 10.0 Å². The highest BCUT2D eigenvalue weighted by Crippen LogP contribution is 2.42. The Morgan fingerprint density at radius 2 is 1.66 bits per heavy atom. The number of carboxylic acids is 1. The molecule has 1 spiro atoms. The van der Waals surface area contributed by atoms with Gasteiger partial charge in [-0.3, -0.25) is 9.69 Å². The van der Waals surface area contributed by atoms with Crippen LogP contribution in [0.15, 0.2) is 29.6 Å². The van der Waals surface area contributed by atoms with Crippen molar-refractivity contribution in [2.24, 2.45) is 5.41 Å². The zero-order chi connectivity index (χ0) is 23.4. The predicted molar refractivity (Wildman–Crippen MR) is 119 cm³/mol. The van der Waals surface area contributed by atoms with Gasteiger partial charge in [-0.05, 0) is 74.7 Å². The van der Waals surface area contributed by atoms with Crippen LogP contribution in [0.1, 0.15) is 45.1 Å². The summed E-state index contributed by atoms with van der Waals surface area (Å²) in [6.45, 7) is 7.57. The van der Waals surface area contributed by atoms with Gasteiger partial charge in [-0.2, -0.15) is 13.2 Å². The number of aliphatic carboxylic acids is 1. The molecule has 2 aromatic heterocycles. The molecule has 5 nitrogen and oxygen atoms in total. The zero-order valence-electron chi connectivity index (χ0n) is 17.9. The van der Waals surface area contributed by atoms with Crippen molar-refractivity contribution in [2.75, 3.05) is 26.2 Å². The van der Waals surface area contributed by atoms with Crippen molar-refractivity contribution in [3.63, 3.8) is 0 Å². The lowest BCUT2D eigenvalue weighted by molar-refractivity contribution is -0.192. The number of likely N-dealkylation sites (tertiary alicyclic amines) is 2. The molecule has 0 atom stereocenters. The van der Waals surface area contributed by atoms with E-state index >= 15 is 0 Å². The van der Waals surface area contributed by atoms with E-state index in [4.69, 9.17) is 9.90 Å². The Morgan fingerprint density at radius 3 is 2.12 bits per heavy atom. The molecule has 2 saturated heterocycles. The first kappa shape index (κ1) is 24.7. The molecule has 2 aromatic rings. The molecular weight excluding hydrogens is 461 g/mol. The maximum Gasteiger partial charge on any atom is 0.490 e. The topological polar surface area (TPSA) is 60.9 Å². The lowest BCUT2D eigenvalue weighted by atomic mass is 9.71. The molecule has 0 aliphatic carbocycles. The lowest BCUT2D eigenvalue weighted by Crippen LogP contribution is -2.47. The van der Waals surface area contributed by atoms with Crippen LogP contribution < -0.4 is 0 Å². The van der Waals surface area contributed by atoms with Gasteiger partial charge in [0.25, 0.3) is 5.91 Å². The molecule has 0 unspecified atom stereocenters. The van der Waals surface area contributed by atoms with Gasteiger partial charge in [0.2, 0.25) is 0 Å². The Morgan fingerprint density at radius 1 is 1.06 bits per heavy atom. The number of amides is 1. The van der Waals surface area contributed by atoms with Gasteiger partial charge in [0.1, 0.15) is 0 Å². The Labute approximate surface area is 193 Å². The average molecular weight is 489 g/mol. The van der Waals surface area contributed by atoms with E-state index in [0.29, 0.717) is 5.41 Å². The number of carboxylic acid groups (broad SMARTS) is 1. The summed E-state index contributed by atoms with van der Waals surface area (Å²) in [4.78, 5) is 29.9. The van der Waals surface area contributed by atoms with Gasteiger partial charge >= 0.3 is 12.1 Å². The van der Waals surface area contributed by atoms with E-state index in [1.165, 1.54) is 48.5 Å². The molecule has 10 heteroatoms. The van der Waals surface area contributed by atoms with Gasteiger partial charge in [-0.15, -0.1) is 22.7 Å². The number of hydrogen-bond donors (Lipinski definition) is 1. The van der Waals surface area contributed by atoms with Crippen molar-refractivity contribution < 1.29 is 27.9 Å². The zero-order valence-corrected chi connectivity index (χ0v) is 19.5. The van der Waals surface area contributed by atoms with Crippen LogP contribution in [0.2, 0.25) is 0 Å². The maximum absolute atomic E-state index is 12.5. The molecule has 2 aliphatic rings. The monoisotopic (exact) mass is 488 g/mol. The fourth-order valence-corrected chi connectivity index (χ4v) is 5.84. The first-order valence-corrected chi connectivity index (χ1v) is 12.2. The van der Waals surface area contributed by atoms with Crippen molar-refractivity contribution >= 4 is 34.6 Å². The van der Waals surface area contributed by atoms with Crippen LogP contribution in [0.3, 0.4) is 0 Å². The van der Waals surface area contributed by atoms with Crippen molar-refractivity contribution in [2.45, 2.75) is 45.3 Å². The van der Waals surface area contributed by atoms with Gasteiger partial charge in [0.15, 0.2) is 0 Å². The van der Waals surface area contributed by atoms with Gasteiger partial charge in [-0.1, -0.05) is 6.07 Å². The van der Waals surface area contributed by atoms with E-state index < -0.39 is 12.1 Å². The quantitative estimate of drug-likeness (QED) is 0.640. The Kier molecular flexibility index (Phi) is 8.00. The number of thiophene rings is 2. The van der Waals surface area contributed by atoms with Crippen LogP contribution in [0, 0.1) is 12.3 Å². The van der Waals surface area contributed by atoms with Crippen LogP contribution in [0.25, 0.3) is 0 Å². The molecule has 0 radical (unpaired) electrons. The van der Waals surface area contributed by atoms with Crippen molar-refractivity contribution in [3.05, 3.63) is 44.3 Å². The van der Waals surface area contributed by atoms with Crippen molar-refractivity contribution in [3.8, 4) is 0 Å². The minimum atomic E-state index is -5.08. The number of carbonyl (C=O) groups excluding carboxylic acids is 1. The van der Waals surface area contributed by atoms with Gasteiger partial charge in [-0.25, -0.2) is 4.79 Å². The number of carbonyl (C=O) groups is 2. The normalized spacial score (nSPS) is 18.8. The molecule has 2 fully saturated rings. The summed E-state index contributed by atoms with van der Waals surface area (Å²) in [5, 5.41) is 9.11. The fraction of sp³-hybridized carbons (Fsp3) is 0.545. The molecular formula is C22H27F3N2O3S2. The Balaban J connectivity index is 0.000000360. The highest BCUT2D eigenvalue weighted by Gasteiger charge is 2.39. The molecule has 4 rings (SSSR count). The highest BCUT2D eigenvalue weighted by molar-refractivity contribution is 7.12. The SMILES string of the molecule is Cc1ccc(CN2CCC3(CC2)CCN(C(=O)c2cccs2)CC3)s1.O=C(O)C(F)(F)F. The van der Waals surface area contributed by atoms with Crippen molar-refractivity contribution in [1.29, 1.82) is 0 Å². The van der Waals surface area contributed by atoms with Crippen LogP contribution in [-0.2, 0) is 11.3 Å². The summed E-state index contributed by atoms with van der Waals surface area (Å²) in [7, 11) is 0. The van der Waals surface area contributed by atoms with E-state index in [1.807, 2.05) is 28.8 Å². The third-order valence-electron chi connectivity index (χ3n) is 6.18. The molecule has 0 saturated carbocycles. The maximum atomic E-state index is 12.5. The fourth-order valence-electron chi connectivity index (χ4n) is 4.22. The molecule has 4 heterocycles. The van der Waals surface area contributed by atoms with E-state index in [0.717, 1.165) is 24.5 Å². The predicted octanol–water partition coefficient (Wildman–Crippen LogP) is 5.27. The van der Waals surface area contributed by atoms with E-state index in [1.54, 1.807) is 11.3 Å².